The number of carbonyl (C=O) groups is 1. The lowest BCUT2D eigenvalue weighted by Crippen LogP contribution is -2.42. The van der Waals surface area contributed by atoms with Gasteiger partial charge in [-0.05, 0) is 29.9 Å². The summed E-state index contributed by atoms with van der Waals surface area (Å²) in [5, 5.41) is 6.45. The van der Waals surface area contributed by atoms with Gasteiger partial charge < -0.3 is 10.6 Å². The molecule has 0 aromatic heterocycles. The SMILES string of the molecule is CC1(CNC(=O)C2Cc3ccccc3N2)CCCC1. The second kappa shape index (κ2) is 4.87. The molecule has 1 saturated carbocycles. The van der Waals surface area contributed by atoms with Gasteiger partial charge >= 0.3 is 0 Å². The summed E-state index contributed by atoms with van der Waals surface area (Å²) in [4.78, 5) is 12.2. The van der Waals surface area contributed by atoms with Crippen molar-refractivity contribution in [2.75, 3.05) is 11.9 Å². The molecule has 1 amide bonds. The second-order valence-corrected chi connectivity index (χ2v) is 6.29. The second-order valence-electron chi connectivity index (χ2n) is 6.29. The number of fused-ring (bicyclic) bond motifs is 1. The van der Waals surface area contributed by atoms with Crippen molar-refractivity contribution in [1.82, 2.24) is 5.32 Å². The van der Waals surface area contributed by atoms with E-state index in [0.29, 0.717) is 5.41 Å². The number of para-hydroxylation sites is 1. The molecule has 0 saturated heterocycles. The third-order valence-corrected chi connectivity index (χ3v) is 4.59. The number of hydrogen-bond donors (Lipinski definition) is 2. The van der Waals surface area contributed by atoms with Crippen molar-refractivity contribution in [3.05, 3.63) is 29.8 Å². The van der Waals surface area contributed by atoms with Crippen molar-refractivity contribution in [2.24, 2.45) is 5.41 Å². The summed E-state index contributed by atoms with van der Waals surface area (Å²) in [7, 11) is 0. The fourth-order valence-corrected chi connectivity index (χ4v) is 3.29. The molecule has 3 nitrogen and oxygen atoms in total. The third-order valence-electron chi connectivity index (χ3n) is 4.59. The highest BCUT2D eigenvalue weighted by Crippen LogP contribution is 2.36. The predicted molar refractivity (Wildman–Crippen MR) is 77.1 cm³/mol. The van der Waals surface area contributed by atoms with Crippen LogP contribution in [0.3, 0.4) is 0 Å². The van der Waals surface area contributed by atoms with E-state index >= 15 is 0 Å². The highest BCUT2D eigenvalue weighted by atomic mass is 16.2. The van der Waals surface area contributed by atoms with Crippen molar-refractivity contribution < 1.29 is 4.79 Å². The van der Waals surface area contributed by atoms with Gasteiger partial charge in [0.2, 0.25) is 5.91 Å². The Morgan fingerprint density at radius 1 is 1.37 bits per heavy atom. The number of amides is 1. The van der Waals surface area contributed by atoms with Crippen molar-refractivity contribution in [1.29, 1.82) is 0 Å². The number of carbonyl (C=O) groups excluding carboxylic acids is 1. The lowest BCUT2D eigenvalue weighted by atomic mass is 9.89. The van der Waals surface area contributed by atoms with Gasteiger partial charge in [-0.2, -0.15) is 0 Å². The first-order valence-electron chi connectivity index (χ1n) is 7.28. The van der Waals surface area contributed by atoms with Crippen LogP contribution in [0.1, 0.15) is 38.2 Å². The van der Waals surface area contributed by atoms with Gasteiger partial charge in [0, 0.05) is 18.7 Å². The Morgan fingerprint density at radius 3 is 2.84 bits per heavy atom. The molecule has 2 N–H and O–H groups in total. The normalized spacial score (nSPS) is 23.7. The average Bonchev–Trinajstić information content (AvgIpc) is 3.02. The van der Waals surface area contributed by atoms with Crippen LogP contribution < -0.4 is 10.6 Å². The summed E-state index contributed by atoms with van der Waals surface area (Å²) in [6.07, 6.45) is 5.90. The van der Waals surface area contributed by atoms with Crippen LogP contribution in [-0.2, 0) is 11.2 Å². The third kappa shape index (κ3) is 2.60. The van der Waals surface area contributed by atoms with Gasteiger partial charge in [-0.15, -0.1) is 0 Å². The van der Waals surface area contributed by atoms with E-state index in [0.717, 1.165) is 18.7 Å². The van der Waals surface area contributed by atoms with Crippen LogP contribution in [0.2, 0.25) is 0 Å². The summed E-state index contributed by atoms with van der Waals surface area (Å²) >= 11 is 0. The molecule has 102 valence electrons. The first kappa shape index (κ1) is 12.5. The monoisotopic (exact) mass is 258 g/mol. The Balaban J connectivity index is 1.55. The minimum absolute atomic E-state index is 0.0950. The van der Waals surface area contributed by atoms with Crippen molar-refractivity contribution >= 4 is 11.6 Å². The topological polar surface area (TPSA) is 41.1 Å². The fraction of sp³-hybridized carbons (Fsp3) is 0.562. The first-order valence-corrected chi connectivity index (χ1v) is 7.28. The molecule has 1 heterocycles. The molecule has 1 aliphatic heterocycles. The first-order chi connectivity index (χ1) is 9.16. The van der Waals surface area contributed by atoms with Crippen LogP contribution in [0, 0.1) is 5.41 Å². The number of anilines is 1. The van der Waals surface area contributed by atoms with E-state index < -0.39 is 0 Å². The fourth-order valence-electron chi connectivity index (χ4n) is 3.29. The molecule has 0 radical (unpaired) electrons. The summed E-state index contributed by atoms with van der Waals surface area (Å²) in [6.45, 7) is 3.11. The Kier molecular flexibility index (Phi) is 3.21. The molecule has 3 heteroatoms. The van der Waals surface area contributed by atoms with Crippen LogP contribution in [0.15, 0.2) is 24.3 Å². The molecule has 2 aliphatic rings. The zero-order valence-corrected chi connectivity index (χ0v) is 11.5. The summed E-state index contributed by atoms with van der Waals surface area (Å²) in [5.74, 6) is 0.143. The van der Waals surface area contributed by atoms with Crippen LogP contribution in [-0.4, -0.2) is 18.5 Å². The standard InChI is InChI=1S/C16H22N2O/c1-16(8-4-5-9-16)11-17-15(19)14-10-12-6-2-3-7-13(12)18-14/h2-3,6-7,14,18H,4-5,8-11H2,1H3,(H,17,19). The molecule has 1 aromatic rings. The van der Waals surface area contributed by atoms with E-state index in [1.165, 1.54) is 31.2 Å². The van der Waals surface area contributed by atoms with E-state index in [2.05, 4.69) is 23.6 Å². The Hall–Kier alpha value is -1.51. The molecule has 1 unspecified atom stereocenters. The zero-order chi connectivity index (χ0) is 13.3. The number of hydrogen-bond acceptors (Lipinski definition) is 2. The number of rotatable bonds is 3. The Labute approximate surface area is 114 Å². The van der Waals surface area contributed by atoms with Gasteiger partial charge in [-0.1, -0.05) is 38.0 Å². The largest absolute Gasteiger partial charge is 0.373 e. The van der Waals surface area contributed by atoms with Gasteiger partial charge in [-0.25, -0.2) is 0 Å². The van der Waals surface area contributed by atoms with Crippen LogP contribution >= 0.6 is 0 Å². The quantitative estimate of drug-likeness (QED) is 0.875. The van der Waals surface area contributed by atoms with E-state index in [1.807, 2.05) is 18.2 Å². The maximum Gasteiger partial charge on any atom is 0.242 e. The van der Waals surface area contributed by atoms with E-state index in [9.17, 15) is 4.79 Å². The molecule has 3 rings (SSSR count). The van der Waals surface area contributed by atoms with E-state index in [4.69, 9.17) is 0 Å². The van der Waals surface area contributed by atoms with Gasteiger partial charge in [-0.3, -0.25) is 4.79 Å². The maximum atomic E-state index is 12.2. The Bertz CT molecular complexity index is 452. The van der Waals surface area contributed by atoms with Gasteiger partial charge in [0.1, 0.15) is 6.04 Å². The minimum atomic E-state index is -0.0950. The molecule has 1 fully saturated rings. The molecule has 1 aliphatic carbocycles. The van der Waals surface area contributed by atoms with Crippen molar-refractivity contribution in [2.45, 2.75) is 45.1 Å². The van der Waals surface area contributed by atoms with Crippen molar-refractivity contribution in [3.63, 3.8) is 0 Å². The van der Waals surface area contributed by atoms with E-state index in [-0.39, 0.29) is 11.9 Å². The lowest BCUT2D eigenvalue weighted by Gasteiger charge is -2.24. The van der Waals surface area contributed by atoms with Crippen molar-refractivity contribution in [3.8, 4) is 0 Å². The minimum Gasteiger partial charge on any atom is -0.373 e. The average molecular weight is 258 g/mol. The van der Waals surface area contributed by atoms with Crippen LogP contribution in [0.5, 0.6) is 0 Å². The number of benzene rings is 1. The number of nitrogens with one attached hydrogen (secondary N) is 2. The molecule has 0 spiro atoms. The van der Waals surface area contributed by atoms with Gasteiger partial charge in [0.25, 0.3) is 0 Å². The zero-order valence-electron chi connectivity index (χ0n) is 11.5. The maximum absolute atomic E-state index is 12.2. The molecule has 1 atom stereocenters. The summed E-state index contributed by atoms with van der Waals surface area (Å²) in [6, 6.07) is 8.07. The highest BCUT2D eigenvalue weighted by molar-refractivity contribution is 5.87. The predicted octanol–water partition coefficient (Wildman–Crippen LogP) is 2.72. The molecule has 0 bridgehead atoms. The smallest absolute Gasteiger partial charge is 0.242 e. The Morgan fingerprint density at radius 2 is 2.11 bits per heavy atom. The van der Waals surface area contributed by atoms with Crippen LogP contribution in [0.4, 0.5) is 5.69 Å². The molecule has 19 heavy (non-hydrogen) atoms. The van der Waals surface area contributed by atoms with Crippen LogP contribution in [0.25, 0.3) is 0 Å². The molecular weight excluding hydrogens is 236 g/mol. The summed E-state index contributed by atoms with van der Waals surface area (Å²) < 4.78 is 0. The molecule has 1 aromatic carbocycles. The lowest BCUT2D eigenvalue weighted by molar-refractivity contribution is -0.122. The van der Waals surface area contributed by atoms with E-state index in [1.54, 1.807) is 0 Å². The molecular formula is C16H22N2O. The van der Waals surface area contributed by atoms with Gasteiger partial charge in [0.05, 0.1) is 0 Å². The van der Waals surface area contributed by atoms with Gasteiger partial charge in [0.15, 0.2) is 0 Å². The summed E-state index contributed by atoms with van der Waals surface area (Å²) in [5.41, 5.74) is 2.67. The highest BCUT2D eigenvalue weighted by Gasteiger charge is 2.31.